The number of rotatable bonds is 8. The normalized spacial score (nSPS) is 17.4. The quantitative estimate of drug-likeness (QED) is 0.272. The first-order valence-corrected chi connectivity index (χ1v) is 14.5. The third-order valence-corrected chi connectivity index (χ3v) is 8.08. The number of pyridine rings is 3. The second kappa shape index (κ2) is 12.1. The highest BCUT2D eigenvalue weighted by Gasteiger charge is 2.23. The van der Waals surface area contributed by atoms with Gasteiger partial charge in [0.25, 0.3) is 5.91 Å². The molecule has 39 heavy (non-hydrogen) atoms. The van der Waals surface area contributed by atoms with Crippen LogP contribution in [-0.4, -0.2) is 51.9 Å². The molecular weight excluding hydrogens is 506 g/mol. The zero-order chi connectivity index (χ0) is 27.4. The number of ether oxygens (including phenoxy) is 1. The largest absolute Gasteiger partial charge is 0.372 e. The summed E-state index contributed by atoms with van der Waals surface area (Å²) in [5.41, 5.74) is 5.06. The monoisotopic (exact) mass is 541 g/mol. The average Bonchev–Trinajstić information content (AvgIpc) is 2.94. The van der Waals surface area contributed by atoms with Crippen LogP contribution in [-0.2, 0) is 11.3 Å². The highest BCUT2D eigenvalue weighted by atomic mass is 32.2. The molecule has 202 valence electrons. The molecule has 1 N–H and O–H groups in total. The summed E-state index contributed by atoms with van der Waals surface area (Å²) in [5.74, 6) is 1.86. The van der Waals surface area contributed by atoms with Crippen LogP contribution < -0.4 is 10.2 Å². The van der Waals surface area contributed by atoms with Gasteiger partial charge in [-0.05, 0) is 81.0 Å². The van der Waals surface area contributed by atoms with Gasteiger partial charge in [-0.25, -0.2) is 9.97 Å². The SMILES string of the molecule is CCCSc1cc(C(=O)NCc2cc3nc(-c4cccc(N5CC(C)OC(C)C5)n4)ccc3cn2)ccc1C. The van der Waals surface area contributed by atoms with Gasteiger partial charge in [-0.2, -0.15) is 0 Å². The van der Waals surface area contributed by atoms with Crippen molar-refractivity contribution in [1.82, 2.24) is 20.3 Å². The molecule has 0 radical (unpaired) electrons. The van der Waals surface area contributed by atoms with Gasteiger partial charge in [0.15, 0.2) is 0 Å². The minimum Gasteiger partial charge on any atom is -0.372 e. The minimum absolute atomic E-state index is 0.107. The van der Waals surface area contributed by atoms with Gasteiger partial charge in [-0.15, -0.1) is 11.8 Å². The molecular formula is C31H35N5O2S. The van der Waals surface area contributed by atoms with Crippen molar-refractivity contribution in [1.29, 1.82) is 0 Å². The second-order valence-corrected chi connectivity index (χ2v) is 11.3. The summed E-state index contributed by atoms with van der Waals surface area (Å²) in [6, 6.07) is 17.9. The lowest BCUT2D eigenvalue weighted by molar-refractivity contribution is -0.00545. The number of morpholine rings is 1. The Bertz CT molecular complexity index is 1470. The molecule has 1 amide bonds. The molecule has 4 aromatic rings. The van der Waals surface area contributed by atoms with E-state index in [1.165, 1.54) is 5.56 Å². The first-order chi connectivity index (χ1) is 18.9. The standard InChI is InChI=1S/C31H35N5O2S/c1-5-13-39-29-14-23(10-9-20(29)2)31(37)33-17-25-15-28-24(16-32-25)11-12-27(34-28)26-7-6-8-30(35-26)36-18-21(3)38-22(4)19-36/h6-12,14-16,21-22H,5,13,17-19H2,1-4H3,(H,33,37). The first-order valence-electron chi connectivity index (χ1n) is 13.5. The molecule has 0 aliphatic carbocycles. The van der Waals surface area contributed by atoms with Crippen LogP contribution in [0.1, 0.15) is 48.8 Å². The summed E-state index contributed by atoms with van der Waals surface area (Å²) >= 11 is 1.79. The summed E-state index contributed by atoms with van der Waals surface area (Å²) in [6.45, 7) is 10.4. The van der Waals surface area contributed by atoms with Crippen molar-refractivity contribution in [3.05, 3.63) is 77.6 Å². The number of hydrogen-bond donors (Lipinski definition) is 1. The molecule has 8 heteroatoms. The maximum atomic E-state index is 12.9. The highest BCUT2D eigenvalue weighted by molar-refractivity contribution is 7.99. The van der Waals surface area contributed by atoms with Gasteiger partial charge in [0, 0.05) is 35.1 Å². The van der Waals surface area contributed by atoms with E-state index in [0.717, 1.165) is 64.0 Å². The van der Waals surface area contributed by atoms with Crippen molar-refractivity contribution in [2.45, 2.75) is 57.8 Å². The smallest absolute Gasteiger partial charge is 0.251 e. The van der Waals surface area contributed by atoms with Gasteiger partial charge >= 0.3 is 0 Å². The highest BCUT2D eigenvalue weighted by Crippen LogP contribution is 2.26. The fourth-order valence-electron chi connectivity index (χ4n) is 4.79. The minimum atomic E-state index is -0.107. The Hall–Kier alpha value is -3.49. The van der Waals surface area contributed by atoms with Crippen LogP contribution in [0, 0.1) is 6.92 Å². The first kappa shape index (κ1) is 27.1. The molecule has 2 atom stereocenters. The summed E-state index contributed by atoms with van der Waals surface area (Å²) in [6.07, 6.45) is 3.23. The number of hydrogen-bond acceptors (Lipinski definition) is 7. The molecule has 1 aromatic carbocycles. The maximum absolute atomic E-state index is 12.9. The molecule has 7 nitrogen and oxygen atoms in total. The van der Waals surface area contributed by atoms with E-state index in [9.17, 15) is 4.79 Å². The number of nitrogens with one attached hydrogen (secondary N) is 1. The van der Waals surface area contributed by atoms with E-state index in [0.29, 0.717) is 12.1 Å². The second-order valence-electron chi connectivity index (χ2n) is 10.1. The van der Waals surface area contributed by atoms with E-state index in [-0.39, 0.29) is 18.1 Å². The molecule has 3 aromatic heterocycles. The molecule has 1 aliphatic rings. The summed E-state index contributed by atoms with van der Waals surface area (Å²) in [7, 11) is 0. The van der Waals surface area contributed by atoms with E-state index < -0.39 is 0 Å². The summed E-state index contributed by atoms with van der Waals surface area (Å²) in [4.78, 5) is 30.7. The van der Waals surface area contributed by atoms with Crippen molar-refractivity contribution < 1.29 is 9.53 Å². The molecule has 0 bridgehead atoms. The predicted molar refractivity (Wildman–Crippen MR) is 158 cm³/mol. The zero-order valence-corrected chi connectivity index (χ0v) is 23.8. The van der Waals surface area contributed by atoms with Gasteiger partial charge in [-0.1, -0.05) is 19.1 Å². The molecule has 1 fully saturated rings. The number of carbonyl (C=O) groups is 1. The average molecular weight is 542 g/mol. The van der Waals surface area contributed by atoms with Gasteiger partial charge in [0.2, 0.25) is 0 Å². The Labute approximate surface area is 234 Å². The number of fused-ring (bicyclic) bond motifs is 1. The fraction of sp³-hybridized carbons (Fsp3) is 0.355. The van der Waals surface area contributed by atoms with Crippen LogP contribution in [0.25, 0.3) is 22.3 Å². The molecule has 5 rings (SSSR count). The number of thioether (sulfide) groups is 1. The van der Waals surface area contributed by atoms with Gasteiger partial charge in [0.05, 0.1) is 41.4 Å². The molecule has 0 spiro atoms. The van der Waals surface area contributed by atoms with E-state index in [1.807, 2.05) is 54.6 Å². The van der Waals surface area contributed by atoms with Crippen molar-refractivity contribution in [3.63, 3.8) is 0 Å². The van der Waals surface area contributed by atoms with Crippen molar-refractivity contribution in [2.24, 2.45) is 0 Å². The predicted octanol–water partition coefficient (Wildman–Crippen LogP) is 6.05. The fourth-order valence-corrected chi connectivity index (χ4v) is 5.72. The van der Waals surface area contributed by atoms with Crippen LogP contribution in [0.3, 0.4) is 0 Å². The lowest BCUT2D eigenvalue weighted by Gasteiger charge is -2.36. The zero-order valence-electron chi connectivity index (χ0n) is 23.0. The summed E-state index contributed by atoms with van der Waals surface area (Å²) in [5, 5.41) is 3.95. The van der Waals surface area contributed by atoms with E-state index in [1.54, 1.807) is 18.0 Å². The molecule has 0 saturated carbocycles. The Morgan fingerprint density at radius 3 is 2.64 bits per heavy atom. The maximum Gasteiger partial charge on any atom is 0.251 e. The number of amides is 1. The van der Waals surface area contributed by atoms with E-state index >= 15 is 0 Å². The third-order valence-electron chi connectivity index (χ3n) is 6.71. The molecule has 1 saturated heterocycles. The Kier molecular flexibility index (Phi) is 8.43. The number of aromatic nitrogens is 3. The van der Waals surface area contributed by atoms with Crippen molar-refractivity contribution in [3.8, 4) is 11.4 Å². The van der Waals surface area contributed by atoms with Crippen LogP contribution in [0.15, 0.2) is 65.7 Å². The van der Waals surface area contributed by atoms with E-state index in [4.69, 9.17) is 14.7 Å². The molecule has 1 aliphatic heterocycles. The number of carbonyl (C=O) groups excluding carboxylic acids is 1. The summed E-state index contributed by atoms with van der Waals surface area (Å²) < 4.78 is 5.88. The lowest BCUT2D eigenvalue weighted by atomic mass is 10.1. The van der Waals surface area contributed by atoms with Crippen LogP contribution in [0.2, 0.25) is 0 Å². The number of nitrogens with zero attached hydrogens (tertiary/aromatic N) is 4. The number of benzene rings is 1. The van der Waals surface area contributed by atoms with Gasteiger partial charge < -0.3 is 15.0 Å². The van der Waals surface area contributed by atoms with Crippen LogP contribution >= 0.6 is 11.8 Å². The number of anilines is 1. The molecule has 2 unspecified atom stereocenters. The third kappa shape index (κ3) is 6.57. The van der Waals surface area contributed by atoms with Crippen LogP contribution in [0.5, 0.6) is 0 Å². The van der Waals surface area contributed by atoms with Crippen molar-refractivity contribution in [2.75, 3.05) is 23.7 Å². The molecule has 4 heterocycles. The Morgan fingerprint density at radius 1 is 1.05 bits per heavy atom. The lowest BCUT2D eigenvalue weighted by Crippen LogP contribution is -2.45. The van der Waals surface area contributed by atoms with Crippen molar-refractivity contribution >= 4 is 34.4 Å². The number of aryl methyl sites for hydroxylation is 1. The Balaban J connectivity index is 1.31. The topological polar surface area (TPSA) is 80.2 Å². The van der Waals surface area contributed by atoms with Crippen LogP contribution in [0.4, 0.5) is 5.82 Å². The van der Waals surface area contributed by atoms with E-state index in [2.05, 4.69) is 42.9 Å². The van der Waals surface area contributed by atoms with Gasteiger partial charge in [0.1, 0.15) is 5.82 Å². The van der Waals surface area contributed by atoms with Gasteiger partial charge in [-0.3, -0.25) is 9.78 Å². The Morgan fingerprint density at radius 2 is 1.85 bits per heavy atom.